The van der Waals surface area contributed by atoms with E-state index in [0.29, 0.717) is 16.1 Å². The van der Waals surface area contributed by atoms with Crippen molar-refractivity contribution in [3.05, 3.63) is 46.2 Å². The monoisotopic (exact) mass is 311 g/mol. The molecule has 20 heavy (non-hydrogen) atoms. The van der Waals surface area contributed by atoms with Gasteiger partial charge in [0.2, 0.25) is 0 Å². The van der Waals surface area contributed by atoms with E-state index in [1.165, 1.54) is 5.56 Å². The molecule has 2 aromatic rings. The van der Waals surface area contributed by atoms with Crippen LogP contribution < -0.4 is 5.32 Å². The Bertz CT molecular complexity index is 564. The molecule has 1 aromatic heterocycles. The van der Waals surface area contributed by atoms with Crippen LogP contribution in [0.25, 0.3) is 5.69 Å². The summed E-state index contributed by atoms with van der Waals surface area (Å²) in [5.41, 5.74) is 2.15. The second-order valence-corrected chi connectivity index (χ2v) is 5.92. The predicted molar refractivity (Wildman–Crippen MR) is 85.0 cm³/mol. The lowest BCUT2D eigenvalue weighted by Gasteiger charge is -2.06. The van der Waals surface area contributed by atoms with E-state index in [9.17, 15) is 0 Å². The van der Waals surface area contributed by atoms with Crippen LogP contribution in [0, 0.1) is 0 Å². The molecule has 0 saturated heterocycles. The van der Waals surface area contributed by atoms with E-state index < -0.39 is 0 Å². The Labute approximate surface area is 129 Å². The highest BCUT2D eigenvalue weighted by atomic mass is 35.5. The SMILES string of the molecule is CC(C)NCCCc1cnn(-c2ccc(Cl)c(Cl)c2)c1. The summed E-state index contributed by atoms with van der Waals surface area (Å²) in [6.07, 6.45) is 6.05. The van der Waals surface area contributed by atoms with Crippen molar-refractivity contribution in [3.8, 4) is 5.69 Å². The number of nitrogens with zero attached hydrogens (tertiary/aromatic N) is 2. The molecule has 1 aromatic carbocycles. The maximum atomic E-state index is 6.02. The molecule has 1 heterocycles. The Morgan fingerprint density at radius 2 is 2.05 bits per heavy atom. The molecule has 0 fully saturated rings. The summed E-state index contributed by atoms with van der Waals surface area (Å²) >= 11 is 11.9. The van der Waals surface area contributed by atoms with Gasteiger partial charge in [0.15, 0.2) is 0 Å². The van der Waals surface area contributed by atoms with Crippen LogP contribution in [-0.4, -0.2) is 22.4 Å². The predicted octanol–water partition coefficient (Wildman–Crippen LogP) is 4.11. The first kappa shape index (κ1) is 15.4. The lowest BCUT2D eigenvalue weighted by atomic mass is 10.2. The van der Waals surface area contributed by atoms with Crippen molar-refractivity contribution >= 4 is 23.2 Å². The third-order valence-corrected chi connectivity index (χ3v) is 3.74. The molecule has 0 spiro atoms. The van der Waals surface area contributed by atoms with Gasteiger partial charge >= 0.3 is 0 Å². The molecule has 0 atom stereocenters. The lowest BCUT2D eigenvalue weighted by Crippen LogP contribution is -2.23. The average molecular weight is 312 g/mol. The Hall–Kier alpha value is -1.03. The van der Waals surface area contributed by atoms with Crippen LogP contribution in [-0.2, 0) is 6.42 Å². The maximum absolute atomic E-state index is 6.02. The third-order valence-electron chi connectivity index (χ3n) is 3.00. The molecule has 0 aliphatic carbocycles. The molecule has 0 bridgehead atoms. The summed E-state index contributed by atoms with van der Waals surface area (Å²) in [5, 5.41) is 8.88. The lowest BCUT2D eigenvalue weighted by molar-refractivity contribution is 0.570. The van der Waals surface area contributed by atoms with Crippen molar-refractivity contribution in [1.29, 1.82) is 0 Å². The van der Waals surface area contributed by atoms with Gasteiger partial charge < -0.3 is 5.32 Å². The number of hydrogen-bond acceptors (Lipinski definition) is 2. The molecule has 0 aliphatic heterocycles. The fourth-order valence-corrected chi connectivity index (χ4v) is 2.23. The van der Waals surface area contributed by atoms with Crippen LogP contribution in [0.15, 0.2) is 30.6 Å². The molecular weight excluding hydrogens is 293 g/mol. The Balaban J connectivity index is 1.96. The Morgan fingerprint density at radius 3 is 2.75 bits per heavy atom. The van der Waals surface area contributed by atoms with E-state index >= 15 is 0 Å². The minimum absolute atomic E-state index is 0.536. The van der Waals surface area contributed by atoms with E-state index in [-0.39, 0.29) is 0 Å². The first-order chi connectivity index (χ1) is 9.56. The van der Waals surface area contributed by atoms with Crippen molar-refractivity contribution < 1.29 is 0 Å². The number of hydrogen-bond donors (Lipinski definition) is 1. The molecule has 108 valence electrons. The van der Waals surface area contributed by atoms with Gasteiger partial charge in [-0.3, -0.25) is 0 Å². The van der Waals surface area contributed by atoms with E-state index in [1.54, 1.807) is 6.07 Å². The van der Waals surface area contributed by atoms with Crippen molar-refractivity contribution in [3.63, 3.8) is 0 Å². The van der Waals surface area contributed by atoms with Gasteiger partial charge in [0, 0.05) is 12.2 Å². The average Bonchev–Trinajstić information content (AvgIpc) is 2.86. The van der Waals surface area contributed by atoms with Gasteiger partial charge in [0.1, 0.15) is 0 Å². The van der Waals surface area contributed by atoms with Crippen molar-refractivity contribution in [1.82, 2.24) is 15.1 Å². The number of halogens is 2. The molecular formula is C15H19Cl2N3. The van der Waals surface area contributed by atoms with Crippen molar-refractivity contribution in [2.45, 2.75) is 32.7 Å². The minimum atomic E-state index is 0.536. The van der Waals surface area contributed by atoms with Gasteiger partial charge in [0.25, 0.3) is 0 Å². The van der Waals surface area contributed by atoms with E-state index in [4.69, 9.17) is 23.2 Å². The van der Waals surface area contributed by atoms with Gasteiger partial charge in [-0.05, 0) is 43.1 Å². The van der Waals surface area contributed by atoms with Gasteiger partial charge in [-0.25, -0.2) is 4.68 Å². The number of aromatic nitrogens is 2. The van der Waals surface area contributed by atoms with Crippen LogP contribution in [0.5, 0.6) is 0 Å². The normalized spacial score (nSPS) is 11.2. The first-order valence-corrected chi connectivity index (χ1v) is 7.54. The Morgan fingerprint density at radius 1 is 1.25 bits per heavy atom. The molecule has 3 nitrogen and oxygen atoms in total. The summed E-state index contributed by atoms with van der Waals surface area (Å²) in [6.45, 7) is 5.33. The second-order valence-electron chi connectivity index (χ2n) is 5.10. The smallest absolute Gasteiger partial charge is 0.0661 e. The van der Waals surface area contributed by atoms with Gasteiger partial charge in [-0.15, -0.1) is 0 Å². The summed E-state index contributed by atoms with van der Waals surface area (Å²) in [5.74, 6) is 0. The standard InChI is InChI=1S/C15H19Cl2N3/c1-11(2)18-7-3-4-12-9-19-20(10-12)13-5-6-14(16)15(17)8-13/h5-6,8-11,18H,3-4,7H2,1-2H3. The quantitative estimate of drug-likeness (QED) is 0.814. The third kappa shape index (κ3) is 4.23. The van der Waals surface area contributed by atoms with E-state index in [0.717, 1.165) is 25.1 Å². The number of rotatable bonds is 6. The zero-order chi connectivity index (χ0) is 14.5. The van der Waals surface area contributed by atoms with E-state index in [2.05, 4.69) is 24.3 Å². The molecule has 0 amide bonds. The van der Waals surface area contributed by atoms with Gasteiger partial charge in [0.05, 0.1) is 21.9 Å². The maximum Gasteiger partial charge on any atom is 0.0661 e. The highest BCUT2D eigenvalue weighted by Gasteiger charge is 2.04. The first-order valence-electron chi connectivity index (χ1n) is 6.78. The van der Waals surface area contributed by atoms with Gasteiger partial charge in [-0.2, -0.15) is 5.10 Å². The number of benzene rings is 1. The molecule has 0 saturated carbocycles. The number of nitrogens with one attached hydrogen (secondary N) is 1. The van der Waals surface area contributed by atoms with Crippen LogP contribution >= 0.6 is 23.2 Å². The van der Waals surface area contributed by atoms with Crippen LogP contribution in [0.2, 0.25) is 10.0 Å². The topological polar surface area (TPSA) is 29.9 Å². The largest absolute Gasteiger partial charge is 0.315 e. The van der Waals surface area contributed by atoms with Crippen LogP contribution in [0.4, 0.5) is 0 Å². The zero-order valence-electron chi connectivity index (χ0n) is 11.7. The highest BCUT2D eigenvalue weighted by molar-refractivity contribution is 6.42. The molecule has 0 aliphatic rings. The summed E-state index contributed by atoms with van der Waals surface area (Å²) in [7, 11) is 0. The summed E-state index contributed by atoms with van der Waals surface area (Å²) < 4.78 is 1.83. The minimum Gasteiger partial charge on any atom is -0.315 e. The summed E-state index contributed by atoms with van der Waals surface area (Å²) in [4.78, 5) is 0. The molecule has 5 heteroatoms. The van der Waals surface area contributed by atoms with Crippen molar-refractivity contribution in [2.75, 3.05) is 6.54 Å². The molecule has 2 rings (SSSR count). The highest BCUT2D eigenvalue weighted by Crippen LogP contribution is 2.24. The zero-order valence-corrected chi connectivity index (χ0v) is 13.2. The van der Waals surface area contributed by atoms with Crippen molar-refractivity contribution in [2.24, 2.45) is 0 Å². The van der Waals surface area contributed by atoms with Crippen LogP contribution in [0.3, 0.4) is 0 Å². The Kier molecular flexibility index (Phi) is 5.46. The van der Waals surface area contributed by atoms with Gasteiger partial charge in [-0.1, -0.05) is 37.0 Å². The number of aryl methyl sites for hydroxylation is 1. The fourth-order valence-electron chi connectivity index (χ4n) is 1.94. The molecule has 0 radical (unpaired) electrons. The summed E-state index contributed by atoms with van der Waals surface area (Å²) in [6, 6.07) is 6.05. The van der Waals surface area contributed by atoms with E-state index in [1.807, 2.05) is 29.2 Å². The van der Waals surface area contributed by atoms with Crippen LogP contribution in [0.1, 0.15) is 25.8 Å². The fraction of sp³-hybridized carbons (Fsp3) is 0.400. The molecule has 1 N–H and O–H groups in total. The molecule has 0 unspecified atom stereocenters. The second kappa shape index (κ2) is 7.11.